The molecule has 0 spiro atoms. The first-order chi connectivity index (χ1) is 13.7. The summed E-state index contributed by atoms with van der Waals surface area (Å²) in [5, 5.41) is 3.13. The summed E-state index contributed by atoms with van der Waals surface area (Å²) >= 11 is 0. The Bertz CT molecular complexity index is 829. The number of amides is 1. The molecule has 0 saturated heterocycles. The van der Waals surface area contributed by atoms with E-state index in [2.05, 4.69) is 49.5 Å². The van der Waals surface area contributed by atoms with Crippen LogP contribution in [0.3, 0.4) is 0 Å². The summed E-state index contributed by atoms with van der Waals surface area (Å²) in [7, 11) is 0. The lowest BCUT2D eigenvalue weighted by atomic mass is 9.95. The maximum atomic E-state index is 12.9. The zero-order chi connectivity index (χ0) is 19.8. The van der Waals surface area contributed by atoms with E-state index < -0.39 is 0 Å². The molecule has 1 N–H and O–H groups in total. The number of hydrogen-bond acceptors (Lipinski definition) is 1. The van der Waals surface area contributed by atoms with Crippen LogP contribution in [-0.4, -0.2) is 12.5 Å². The third-order valence-corrected chi connectivity index (χ3v) is 5.07. The van der Waals surface area contributed by atoms with E-state index in [4.69, 9.17) is 0 Å². The molecule has 0 bridgehead atoms. The minimum atomic E-state index is -0.00156. The van der Waals surface area contributed by atoms with Crippen molar-refractivity contribution in [3.05, 3.63) is 84.4 Å². The van der Waals surface area contributed by atoms with Gasteiger partial charge >= 0.3 is 0 Å². The van der Waals surface area contributed by atoms with Crippen LogP contribution in [0.2, 0.25) is 0 Å². The van der Waals surface area contributed by atoms with Crippen LogP contribution < -0.4 is 5.32 Å². The highest BCUT2D eigenvalue weighted by Gasteiger charge is 2.12. The van der Waals surface area contributed by atoms with E-state index in [9.17, 15) is 4.79 Å². The molecular formula is C26H29NO. The third-order valence-electron chi connectivity index (χ3n) is 5.07. The molecule has 0 aliphatic carbocycles. The summed E-state index contributed by atoms with van der Waals surface area (Å²) in [5.74, 6) is 0.494. The van der Waals surface area contributed by atoms with Crippen molar-refractivity contribution in [2.75, 3.05) is 6.54 Å². The molecule has 0 unspecified atom stereocenters. The summed E-state index contributed by atoms with van der Waals surface area (Å²) in [4.78, 5) is 12.9. The van der Waals surface area contributed by atoms with Gasteiger partial charge in [0, 0.05) is 12.1 Å². The van der Waals surface area contributed by atoms with E-state index in [0.29, 0.717) is 11.5 Å². The number of unbranched alkanes of at least 4 members (excludes halogenated alkanes) is 1. The normalized spacial score (nSPS) is 11.8. The van der Waals surface area contributed by atoms with Gasteiger partial charge in [0.15, 0.2) is 0 Å². The maximum absolute atomic E-state index is 12.9. The molecule has 1 amide bonds. The van der Waals surface area contributed by atoms with Gasteiger partial charge in [-0.25, -0.2) is 0 Å². The summed E-state index contributed by atoms with van der Waals surface area (Å²) < 4.78 is 0. The van der Waals surface area contributed by atoms with E-state index >= 15 is 0 Å². The quantitative estimate of drug-likeness (QED) is 0.476. The zero-order valence-corrected chi connectivity index (χ0v) is 16.8. The molecule has 2 heteroatoms. The fraction of sp³-hybridized carbons (Fsp3) is 0.269. The lowest BCUT2D eigenvalue weighted by Gasteiger charge is -2.14. The first kappa shape index (κ1) is 19.9. The Morgan fingerprint density at radius 3 is 1.86 bits per heavy atom. The van der Waals surface area contributed by atoms with Gasteiger partial charge in [0.2, 0.25) is 0 Å². The number of rotatable bonds is 8. The van der Waals surface area contributed by atoms with E-state index in [-0.39, 0.29) is 5.91 Å². The highest BCUT2D eigenvalue weighted by atomic mass is 16.1. The summed E-state index contributed by atoms with van der Waals surface area (Å²) in [6.07, 6.45) is 3.55. The summed E-state index contributed by atoms with van der Waals surface area (Å²) in [5.41, 5.74) is 5.07. The van der Waals surface area contributed by atoms with E-state index in [0.717, 1.165) is 35.2 Å². The van der Waals surface area contributed by atoms with E-state index in [1.165, 1.54) is 12.8 Å². The molecule has 144 valence electrons. The van der Waals surface area contributed by atoms with E-state index in [1.807, 2.05) is 48.5 Å². The zero-order valence-electron chi connectivity index (χ0n) is 16.8. The Morgan fingerprint density at radius 1 is 0.821 bits per heavy atom. The van der Waals surface area contributed by atoms with Crippen molar-refractivity contribution in [2.24, 2.45) is 5.92 Å². The average Bonchev–Trinajstić information content (AvgIpc) is 2.77. The van der Waals surface area contributed by atoms with Crippen molar-refractivity contribution in [1.82, 2.24) is 5.32 Å². The molecule has 0 aliphatic rings. The Morgan fingerprint density at radius 2 is 1.36 bits per heavy atom. The molecule has 0 heterocycles. The second-order valence-electron chi connectivity index (χ2n) is 7.49. The van der Waals surface area contributed by atoms with Crippen LogP contribution in [0.5, 0.6) is 0 Å². The van der Waals surface area contributed by atoms with Gasteiger partial charge in [0.05, 0.1) is 0 Å². The Kier molecular flexibility index (Phi) is 7.02. The number of hydrogen-bond donors (Lipinski definition) is 1. The van der Waals surface area contributed by atoms with Crippen LogP contribution in [-0.2, 0) is 0 Å². The predicted molar refractivity (Wildman–Crippen MR) is 118 cm³/mol. The SMILES string of the molecule is CCCC[C@H](C)CNC(=O)c1cc(-c2ccccc2)cc(-c2ccccc2)c1. The van der Waals surface area contributed by atoms with Gasteiger partial charge < -0.3 is 5.32 Å². The Hall–Kier alpha value is -2.87. The number of carbonyl (C=O) groups is 1. The van der Waals surface area contributed by atoms with Crippen LogP contribution in [0.15, 0.2) is 78.9 Å². The molecule has 0 aliphatic heterocycles. The molecule has 0 aromatic heterocycles. The largest absolute Gasteiger partial charge is 0.352 e. The smallest absolute Gasteiger partial charge is 0.251 e. The van der Waals surface area contributed by atoms with Crippen LogP contribution in [0.4, 0.5) is 0 Å². The molecule has 0 radical (unpaired) electrons. The van der Waals surface area contributed by atoms with Crippen molar-refractivity contribution in [1.29, 1.82) is 0 Å². The van der Waals surface area contributed by atoms with Crippen molar-refractivity contribution in [3.8, 4) is 22.3 Å². The monoisotopic (exact) mass is 371 g/mol. The fourth-order valence-electron chi connectivity index (χ4n) is 3.38. The molecule has 0 fully saturated rings. The molecule has 0 saturated carbocycles. The topological polar surface area (TPSA) is 29.1 Å². The molecular weight excluding hydrogens is 342 g/mol. The molecule has 3 rings (SSSR count). The molecule has 1 atom stereocenters. The Balaban J connectivity index is 1.88. The number of benzene rings is 3. The van der Waals surface area contributed by atoms with Gasteiger partial charge in [0.1, 0.15) is 0 Å². The van der Waals surface area contributed by atoms with Gasteiger partial charge in [-0.05, 0) is 52.8 Å². The summed E-state index contributed by atoms with van der Waals surface area (Å²) in [6.45, 7) is 5.12. The first-order valence-electron chi connectivity index (χ1n) is 10.2. The first-order valence-corrected chi connectivity index (χ1v) is 10.2. The number of nitrogens with one attached hydrogen (secondary N) is 1. The van der Waals surface area contributed by atoms with Gasteiger partial charge in [-0.2, -0.15) is 0 Å². The molecule has 28 heavy (non-hydrogen) atoms. The Labute approximate surface area is 168 Å². The molecule has 3 aromatic carbocycles. The van der Waals surface area contributed by atoms with Crippen LogP contribution in [0.1, 0.15) is 43.5 Å². The van der Waals surface area contributed by atoms with Crippen molar-refractivity contribution < 1.29 is 4.79 Å². The van der Waals surface area contributed by atoms with Gasteiger partial charge in [-0.1, -0.05) is 87.4 Å². The minimum Gasteiger partial charge on any atom is -0.352 e. The minimum absolute atomic E-state index is 0.00156. The standard InChI is InChI=1S/C26H29NO/c1-3-4-11-20(2)19-27-26(28)25-17-23(21-12-7-5-8-13-21)16-24(18-25)22-14-9-6-10-15-22/h5-10,12-18,20H,3-4,11,19H2,1-2H3,(H,27,28)/t20-/m0/s1. The van der Waals surface area contributed by atoms with Crippen molar-refractivity contribution in [3.63, 3.8) is 0 Å². The van der Waals surface area contributed by atoms with Crippen LogP contribution in [0.25, 0.3) is 22.3 Å². The average molecular weight is 372 g/mol. The lowest BCUT2D eigenvalue weighted by Crippen LogP contribution is -2.28. The highest BCUT2D eigenvalue weighted by Crippen LogP contribution is 2.28. The highest BCUT2D eigenvalue weighted by molar-refractivity contribution is 5.97. The number of carbonyl (C=O) groups excluding carboxylic acids is 1. The predicted octanol–water partition coefficient (Wildman–Crippen LogP) is 6.58. The van der Waals surface area contributed by atoms with Gasteiger partial charge in [0.25, 0.3) is 5.91 Å². The van der Waals surface area contributed by atoms with Gasteiger partial charge in [-0.15, -0.1) is 0 Å². The second-order valence-corrected chi connectivity index (χ2v) is 7.49. The third kappa shape index (κ3) is 5.32. The molecule has 3 aromatic rings. The second kappa shape index (κ2) is 9.89. The summed E-state index contributed by atoms with van der Waals surface area (Å²) in [6, 6.07) is 26.6. The van der Waals surface area contributed by atoms with Gasteiger partial charge in [-0.3, -0.25) is 4.79 Å². The van der Waals surface area contributed by atoms with E-state index in [1.54, 1.807) is 0 Å². The van der Waals surface area contributed by atoms with Crippen molar-refractivity contribution in [2.45, 2.75) is 33.1 Å². The molecule has 2 nitrogen and oxygen atoms in total. The fourth-order valence-corrected chi connectivity index (χ4v) is 3.38. The van der Waals surface area contributed by atoms with Crippen LogP contribution in [0, 0.1) is 5.92 Å². The lowest BCUT2D eigenvalue weighted by molar-refractivity contribution is 0.0947. The van der Waals surface area contributed by atoms with Crippen LogP contribution >= 0.6 is 0 Å². The van der Waals surface area contributed by atoms with Crippen molar-refractivity contribution >= 4 is 5.91 Å². The maximum Gasteiger partial charge on any atom is 0.251 e.